The van der Waals surface area contributed by atoms with E-state index >= 15 is 0 Å². The summed E-state index contributed by atoms with van der Waals surface area (Å²) in [6.45, 7) is 3.87. The average Bonchev–Trinajstić information content (AvgIpc) is 2.70. The molecule has 2 aromatic rings. The van der Waals surface area contributed by atoms with E-state index in [1.807, 2.05) is 26.0 Å². The zero-order valence-electron chi connectivity index (χ0n) is 9.39. The van der Waals surface area contributed by atoms with Gasteiger partial charge in [0, 0.05) is 0 Å². The topological polar surface area (TPSA) is 28.7 Å². The predicted octanol–water partition coefficient (Wildman–Crippen LogP) is 3.71. The van der Waals surface area contributed by atoms with Gasteiger partial charge in [-0.05, 0) is 36.6 Å². The first-order valence-corrected chi connectivity index (χ1v) is 5.08. The number of H-pyrrole nitrogens is 1. The minimum absolute atomic E-state index is 0.375. The van der Waals surface area contributed by atoms with Gasteiger partial charge in [-0.1, -0.05) is 12.1 Å². The van der Waals surface area contributed by atoms with Gasteiger partial charge < -0.3 is 4.98 Å². The lowest BCUT2D eigenvalue weighted by Gasteiger charge is -2.03. The molecule has 2 rings (SSSR count). The van der Waals surface area contributed by atoms with Gasteiger partial charge in [0.05, 0.1) is 11.9 Å². The molecule has 0 unspecified atom stereocenters. The van der Waals surface area contributed by atoms with Gasteiger partial charge in [0.25, 0.3) is 0 Å². The summed E-state index contributed by atoms with van der Waals surface area (Å²) in [5, 5.41) is 0. The van der Waals surface area contributed by atoms with Crippen LogP contribution in [0.15, 0.2) is 24.4 Å². The molecule has 17 heavy (non-hydrogen) atoms. The highest BCUT2D eigenvalue weighted by atomic mass is 19.4. The van der Waals surface area contributed by atoms with Crippen LogP contribution in [-0.4, -0.2) is 9.97 Å². The standard InChI is InChI=1S/C12H11F3N2/c1-7-3-4-9(5-8(7)2)10-6-16-11(17-10)12(13,14)15/h3-6H,1-2H3,(H,16,17). The molecule has 1 aromatic carbocycles. The van der Waals surface area contributed by atoms with Crippen molar-refractivity contribution in [3.05, 3.63) is 41.3 Å². The van der Waals surface area contributed by atoms with Crippen LogP contribution in [-0.2, 0) is 6.18 Å². The van der Waals surface area contributed by atoms with Crippen LogP contribution < -0.4 is 0 Å². The summed E-state index contributed by atoms with van der Waals surface area (Å²) in [7, 11) is 0. The lowest BCUT2D eigenvalue weighted by Crippen LogP contribution is -2.07. The summed E-state index contributed by atoms with van der Waals surface area (Å²) < 4.78 is 37.1. The SMILES string of the molecule is Cc1ccc(-c2cnc(C(F)(F)F)[nH]2)cc1C. The first-order valence-electron chi connectivity index (χ1n) is 5.08. The smallest absolute Gasteiger partial charge is 0.334 e. The Kier molecular flexibility index (Phi) is 2.69. The number of nitrogens with one attached hydrogen (secondary N) is 1. The summed E-state index contributed by atoms with van der Waals surface area (Å²) in [6.07, 6.45) is -3.23. The van der Waals surface area contributed by atoms with Gasteiger partial charge in [-0.25, -0.2) is 4.98 Å². The molecule has 1 aromatic heterocycles. The first kappa shape index (κ1) is 11.7. The van der Waals surface area contributed by atoms with Crippen molar-refractivity contribution in [1.82, 2.24) is 9.97 Å². The zero-order valence-corrected chi connectivity index (χ0v) is 9.39. The Morgan fingerprint density at radius 3 is 2.35 bits per heavy atom. The molecule has 0 radical (unpaired) electrons. The number of hydrogen-bond donors (Lipinski definition) is 1. The second-order valence-electron chi connectivity index (χ2n) is 3.94. The lowest BCUT2D eigenvalue weighted by atomic mass is 10.1. The number of imidazole rings is 1. The maximum absolute atomic E-state index is 12.4. The van der Waals surface area contributed by atoms with Crippen LogP contribution in [0.1, 0.15) is 17.0 Å². The third-order valence-electron chi connectivity index (χ3n) is 2.66. The molecule has 1 N–H and O–H groups in total. The van der Waals surface area contributed by atoms with E-state index in [4.69, 9.17) is 0 Å². The molecule has 0 aliphatic rings. The van der Waals surface area contributed by atoms with Crippen LogP contribution in [0.3, 0.4) is 0 Å². The molecule has 0 amide bonds. The average molecular weight is 240 g/mol. The van der Waals surface area contributed by atoms with Crippen molar-refractivity contribution in [1.29, 1.82) is 0 Å². The summed E-state index contributed by atoms with van der Waals surface area (Å²) in [6, 6.07) is 5.48. The Labute approximate surface area is 96.5 Å². The van der Waals surface area contributed by atoms with Gasteiger partial charge in [-0.3, -0.25) is 0 Å². The molecular weight excluding hydrogens is 229 g/mol. The van der Waals surface area contributed by atoms with E-state index in [2.05, 4.69) is 9.97 Å². The quantitative estimate of drug-likeness (QED) is 0.808. The molecule has 90 valence electrons. The van der Waals surface area contributed by atoms with Crippen LogP contribution in [0.2, 0.25) is 0 Å². The summed E-state index contributed by atoms with van der Waals surface area (Å²) in [5.74, 6) is -0.967. The fourth-order valence-electron chi connectivity index (χ4n) is 1.52. The highest BCUT2D eigenvalue weighted by Crippen LogP contribution is 2.29. The number of aryl methyl sites for hydroxylation is 2. The van der Waals surface area contributed by atoms with Gasteiger partial charge in [0.15, 0.2) is 0 Å². The van der Waals surface area contributed by atoms with Crippen LogP contribution in [0, 0.1) is 13.8 Å². The number of aromatic nitrogens is 2. The van der Waals surface area contributed by atoms with E-state index in [9.17, 15) is 13.2 Å². The molecule has 0 aliphatic carbocycles. The Hall–Kier alpha value is -1.78. The van der Waals surface area contributed by atoms with Gasteiger partial charge in [-0.15, -0.1) is 0 Å². The van der Waals surface area contributed by atoms with Crippen molar-refractivity contribution < 1.29 is 13.2 Å². The molecular formula is C12H11F3N2. The van der Waals surface area contributed by atoms with E-state index < -0.39 is 12.0 Å². The van der Waals surface area contributed by atoms with Crippen molar-refractivity contribution in [2.24, 2.45) is 0 Å². The molecule has 0 fully saturated rings. The van der Waals surface area contributed by atoms with E-state index in [-0.39, 0.29) is 0 Å². The zero-order chi connectivity index (χ0) is 12.6. The van der Waals surface area contributed by atoms with Crippen molar-refractivity contribution in [2.75, 3.05) is 0 Å². The number of alkyl halides is 3. The molecule has 0 spiro atoms. The van der Waals surface area contributed by atoms with Crippen LogP contribution in [0.25, 0.3) is 11.3 Å². The largest absolute Gasteiger partial charge is 0.449 e. The molecule has 0 atom stereocenters. The molecule has 2 nitrogen and oxygen atoms in total. The monoisotopic (exact) mass is 240 g/mol. The Morgan fingerprint density at radius 2 is 1.82 bits per heavy atom. The van der Waals surface area contributed by atoms with Crippen LogP contribution >= 0.6 is 0 Å². The lowest BCUT2D eigenvalue weighted by molar-refractivity contribution is -0.144. The Bertz CT molecular complexity index is 541. The highest BCUT2D eigenvalue weighted by molar-refractivity contribution is 5.60. The molecule has 5 heteroatoms. The van der Waals surface area contributed by atoms with Crippen LogP contribution in [0.5, 0.6) is 0 Å². The van der Waals surface area contributed by atoms with E-state index in [1.54, 1.807) is 6.07 Å². The minimum Gasteiger partial charge on any atom is -0.334 e. The first-order chi connectivity index (χ1) is 7.88. The summed E-state index contributed by atoms with van der Waals surface area (Å²) in [5.41, 5.74) is 3.21. The normalized spacial score (nSPS) is 11.8. The predicted molar refractivity (Wildman–Crippen MR) is 58.5 cm³/mol. The summed E-state index contributed by atoms with van der Waals surface area (Å²) >= 11 is 0. The molecule has 0 saturated heterocycles. The van der Waals surface area contributed by atoms with Gasteiger partial charge in [0.1, 0.15) is 0 Å². The third-order valence-corrected chi connectivity index (χ3v) is 2.66. The number of hydrogen-bond acceptors (Lipinski definition) is 1. The maximum Gasteiger partial charge on any atom is 0.449 e. The fraction of sp³-hybridized carbons (Fsp3) is 0.250. The van der Waals surface area contributed by atoms with Gasteiger partial charge in [-0.2, -0.15) is 13.2 Å². The maximum atomic E-state index is 12.4. The minimum atomic E-state index is -4.43. The number of benzene rings is 1. The van der Waals surface area contributed by atoms with Crippen molar-refractivity contribution in [3.8, 4) is 11.3 Å². The van der Waals surface area contributed by atoms with Crippen LogP contribution in [0.4, 0.5) is 13.2 Å². The molecule has 0 aliphatic heterocycles. The van der Waals surface area contributed by atoms with E-state index in [0.717, 1.165) is 11.1 Å². The number of nitrogens with zero attached hydrogens (tertiary/aromatic N) is 1. The molecule has 1 heterocycles. The molecule has 0 saturated carbocycles. The number of halogens is 3. The van der Waals surface area contributed by atoms with Gasteiger partial charge >= 0.3 is 6.18 Å². The summed E-state index contributed by atoms with van der Waals surface area (Å²) in [4.78, 5) is 5.62. The number of rotatable bonds is 1. The van der Waals surface area contributed by atoms with Gasteiger partial charge in [0.2, 0.25) is 5.82 Å². The third kappa shape index (κ3) is 2.33. The van der Waals surface area contributed by atoms with Crippen molar-refractivity contribution >= 4 is 0 Å². The fourth-order valence-corrected chi connectivity index (χ4v) is 1.52. The second kappa shape index (κ2) is 3.91. The van der Waals surface area contributed by atoms with Crippen molar-refractivity contribution in [3.63, 3.8) is 0 Å². The van der Waals surface area contributed by atoms with E-state index in [0.29, 0.717) is 11.3 Å². The Balaban J connectivity index is 2.40. The molecule has 0 bridgehead atoms. The van der Waals surface area contributed by atoms with E-state index in [1.165, 1.54) is 6.20 Å². The number of aromatic amines is 1. The second-order valence-corrected chi connectivity index (χ2v) is 3.94. The highest BCUT2D eigenvalue weighted by Gasteiger charge is 2.34. The van der Waals surface area contributed by atoms with Crippen molar-refractivity contribution in [2.45, 2.75) is 20.0 Å². The Morgan fingerprint density at radius 1 is 1.12 bits per heavy atom.